The van der Waals surface area contributed by atoms with E-state index in [9.17, 15) is 4.79 Å². The number of rotatable bonds is 4. The second-order valence-corrected chi connectivity index (χ2v) is 5.00. The summed E-state index contributed by atoms with van der Waals surface area (Å²) in [6.45, 7) is 3.24. The predicted molar refractivity (Wildman–Crippen MR) is 67.1 cm³/mol. The van der Waals surface area contributed by atoms with Gasteiger partial charge in [0.25, 0.3) is 0 Å². The Labute approximate surface area is 105 Å². The van der Waals surface area contributed by atoms with E-state index in [1.807, 2.05) is 19.4 Å². The van der Waals surface area contributed by atoms with E-state index in [4.69, 9.17) is 4.74 Å². The molecule has 0 bridgehead atoms. The lowest BCUT2D eigenvalue weighted by atomic mass is 10.1. The minimum Gasteiger partial charge on any atom is -0.381 e. The molecule has 2 heterocycles. The third kappa shape index (κ3) is 3.02. The fourth-order valence-electron chi connectivity index (χ4n) is 1.64. The van der Waals surface area contributed by atoms with Crippen LogP contribution in [-0.2, 0) is 9.53 Å². The molecule has 0 aromatic carbocycles. The molecule has 1 aromatic rings. The van der Waals surface area contributed by atoms with Gasteiger partial charge in [0, 0.05) is 18.0 Å². The SMILES string of the molecule is CNC(C)c1csc(NC(=O)C2CCOC2)n1. The molecule has 17 heavy (non-hydrogen) atoms. The Morgan fingerprint density at radius 1 is 1.71 bits per heavy atom. The van der Waals surface area contributed by atoms with E-state index >= 15 is 0 Å². The van der Waals surface area contributed by atoms with Crippen molar-refractivity contribution >= 4 is 22.4 Å². The molecule has 2 atom stereocenters. The van der Waals surface area contributed by atoms with Gasteiger partial charge in [0.15, 0.2) is 5.13 Å². The number of hydrogen-bond acceptors (Lipinski definition) is 5. The highest BCUT2D eigenvalue weighted by molar-refractivity contribution is 7.13. The lowest BCUT2D eigenvalue weighted by molar-refractivity contribution is -0.119. The number of amides is 1. The summed E-state index contributed by atoms with van der Waals surface area (Å²) in [4.78, 5) is 16.2. The average molecular weight is 255 g/mol. The van der Waals surface area contributed by atoms with Gasteiger partial charge in [-0.3, -0.25) is 4.79 Å². The fraction of sp³-hybridized carbons (Fsp3) is 0.636. The van der Waals surface area contributed by atoms with Gasteiger partial charge >= 0.3 is 0 Å². The van der Waals surface area contributed by atoms with Crippen LogP contribution in [0.25, 0.3) is 0 Å². The molecule has 1 aromatic heterocycles. The number of ether oxygens (including phenoxy) is 1. The highest BCUT2D eigenvalue weighted by atomic mass is 32.1. The first-order chi connectivity index (χ1) is 8.20. The van der Waals surface area contributed by atoms with Crippen molar-refractivity contribution in [3.8, 4) is 0 Å². The number of nitrogens with one attached hydrogen (secondary N) is 2. The molecule has 1 amide bonds. The fourth-order valence-corrected chi connectivity index (χ4v) is 2.45. The molecule has 6 heteroatoms. The van der Waals surface area contributed by atoms with Crippen LogP contribution in [0.15, 0.2) is 5.38 Å². The van der Waals surface area contributed by atoms with Crippen LogP contribution in [-0.4, -0.2) is 31.2 Å². The van der Waals surface area contributed by atoms with Crippen LogP contribution in [0.3, 0.4) is 0 Å². The van der Waals surface area contributed by atoms with Crippen LogP contribution in [0.5, 0.6) is 0 Å². The van der Waals surface area contributed by atoms with Crippen molar-refractivity contribution < 1.29 is 9.53 Å². The zero-order valence-electron chi connectivity index (χ0n) is 10.0. The average Bonchev–Trinajstić information content (AvgIpc) is 2.98. The van der Waals surface area contributed by atoms with Gasteiger partial charge in [-0.05, 0) is 20.4 Å². The van der Waals surface area contributed by atoms with Gasteiger partial charge in [-0.2, -0.15) is 0 Å². The maximum atomic E-state index is 11.8. The quantitative estimate of drug-likeness (QED) is 0.853. The van der Waals surface area contributed by atoms with E-state index in [0.717, 1.165) is 12.1 Å². The number of carbonyl (C=O) groups excluding carboxylic acids is 1. The Morgan fingerprint density at radius 3 is 3.18 bits per heavy atom. The number of hydrogen-bond donors (Lipinski definition) is 2. The lowest BCUT2D eigenvalue weighted by Crippen LogP contribution is -2.22. The normalized spacial score (nSPS) is 21.4. The maximum Gasteiger partial charge on any atom is 0.231 e. The summed E-state index contributed by atoms with van der Waals surface area (Å²) in [7, 11) is 1.89. The van der Waals surface area contributed by atoms with Crippen LogP contribution < -0.4 is 10.6 Å². The molecule has 5 nitrogen and oxygen atoms in total. The largest absolute Gasteiger partial charge is 0.381 e. The van der Waals surface area contributed by atoms with E-state index in [-0.39, 0.29) is 17.9 Å². The van der Waals surface area contributed by atoms with Gasteiger partial charge in [0.05, 0.1) is 18.2 Å². The van der Waals surface area contributed by atoms with Gasteiger partial charge in [-0.15, -0.1) is 11.3 Å². The summed E-state index contributed by atoms with van der Waals surface area (Å²) in [6, 6.07) is 0.201. The molecule has 94 valence electrons. The number of nitrogens with zero attached hydrogens (tertiary/aromatic N) is 1. The minimum absolute atomic E-state index is 0.0144. The Hall–Kier alpha value is -0.980. The third-order valence-electron chi connectivity index (χ3n) is 2.93. The molecule has 0 spiro atoms. The highest BCUT2D eigenvalue weighted by Crippen LogP contribution is 2.22. The molecule has 1 aliphatic rings. The van der Waals surface area contributed by atoms with Crippen LogP contribution in [0, 0.1) is 5.92 Å². The van der Waals surface area contributed by atoms with Crippen molar-refractivity contribution in [1.29, 1.82) is 0 Å². The second kappa shape index (κ2) is 5.57. The van der Waals surface area contributed by atoms with Gasteiger partial charge < -0.3 is 15.4 Å². The van der Waals surface area contributed by atoms with Crippen molar-refractivity contribution in [2.45, 2.75) is 19.4 Å². The summed E-state index contributed by atoms with van der Waals surface area (Å²) in [5.41, 5.74) is 0.954. The summed E-state index contributed by atoms with van der Waals surface area (Å²) < 4.78 is 5.19. The van der Waals surface area contributed by atoms with Gasteiger partial charge in [-0.25, -0.2) is 4.98 Å². The van der Waals surface area contributed by atoms with Crippen molar-refractivity contribution in [2.24, 2.45) is 5.92 Å². The standard InChI is InChI=1S/C11H17N3O2S/c1-7(12-2)9-6-17-11(13-9)14-10(15)8-3-4-16-5-8/h6-8,12H,3-5H2,1-2H3,(H,13,14,15). The first kappa shape index (κ1) is 12.5. The van der Waals surface area contributed by atoms with Crippen molar-refractivity contribution in [1.82, 2.24) is 10.3 Å². The minimum atomic E-state index is -0.0240. The van der Waals surface area contributed by atoms with Gasteiger partial charge in [-0.1, -0.05) is 0 Å². The zero-order valence-corrected chi connectivity index (χ0v) is 10.8. The molecule has 1 fully saturated rings. The van der Waals surface area contributed by atoms with E-state index < -0.39 is 0 Å². The van der Waals surface area contributed by atoms with Crippen LogP contribution in [0.4, 0.5) is 5.13 Å². The topological polar surface area (TPSA) is 63.2 Å². The Kier molecular flexibility index (Phi) is 4.09. The van der Waals surface area contributed by atoms with Crippen LogP contribution in [0.2, 0.25) is 0 Å². The third-order valence-corrected chi connectivity index (χ3v) is 3.71. The molecule has 0 saturated carbocycles. The molecule has 1 saturated heterocycles. The smallest absolute Gasteiger partial charge is 0.231 e. The van der Waals surface area contributed by atoms with E-state index in [1.165, 1.54) is 11.3 Å². The molecule has 2 rings (SSSR count). The van der Waals surface area contributed by atoms with Crippen molar-refractivity contribution in [3.63, 3.8) is 0 Å². The van der Waals surface area contributed by atoms with Crippen molar-refractivity contribution in [3.05, 3.63) is 11.1 Å². The Balaban J connectivity index is 1.94. The zero-order chi connectivity index (χ0) is 12.3. The molecule has 0 aliphatic carbocycles. The second-order valence-electron chi connectivity index (χ2n) is 4.14. The monoisotopic (exact) mass is 255 g/mol. The summed E-state index contributed by atoms with van der Waals surface area (Å²) in [6.07, 6.45) is 0.803. The van der Waals surface area contributed by atoms with Gasteiger partial charge in [0.1, 0.15) is 0 Å². The van der Waals surface area contributed by atoms with E-state index in [0.29, 0.717) is 18.3 Å². The molecule has 0 radical (unpaired) electrons. The predicted octanol–water partition coefficient (Wildman–Crippen LogP) is 1.40. The van der Waals surface area contributed by atoms with E-state index in [2.05, 4.69) is 15.6 Å². The van der Waals surface area contributed by atoms with E-state index in [1.54, 1.807) is 0 Å². The molecule has 2 N–H and O–H groups in total. The summed E-state index contributed by atoms with van der Waals surface area (Å²) in [5, 5.41) is 8.58. The maximum absolute atomic E-state index is 11.8. The first-order valence-corrected chi connectivity index (χ1v) is 6.60. The first-order valence-electron chi connectivity index (χ1n) is 5.72. The Bertz CT molecular complexity index is 388. The lowest BCUT2D eigenvalue weighted by Gasteiger charge is -2.07. The Morgan fingerprint density at radius 2 is 2.53 bits per heavy atom. The molecule has 1 aliphatic heterocycles. The summed E-state index contributed by atoms with van der Waals surface area (Å²) >= 11 is 1.46. The summed E-state index contributed by atoms with van der Waals surface area (Å²) in [5.74, 6) is -0.00964. The molecule has 2 unspecified atom stereocenters. The van der Waals surface area contributed by atoms with Crippen LogP contribution in [0.1, 0.15) is 25.1 Å². The number of anilines is 1. The van der Waals surface area contributed by atoms with Crippen molar-refractivity contribution in [2.75, 3.05) is 25.6 Å². The number of aromatic nitrogens is 1. The molecular formula is C11H17N3O2S. The van der Waals surface area contributed by atoms with Crippen LogP contribution >= 0.6 is 11.3 Å². The highest BCUT2D eigenvalue weighted by Gasteiger charge is 2.24. The number of thiazole rings is 1. The molecular weight excluding hydrogens is 238 g/mol. The number of carbonyl (C=O) groups is 1. The van der Waals surface area contributed by atoms with Gasteiger partial charge in [0.2, 0.25) is 5.91 Å².